The monoisotopic (exact) mass is 302 g/mol. The first-order valence-corrected chi connectivity index (χ1v) is 9.96. The van der Waals surface area contributed by atoms with Crippen LogP contribution in [0.1, 0.15) is 0 Å². The van der Waals surface area contributed by atoms with Crippen molar-refractivity contribution in [3.05, 3.63) is 30.3 Å². The van der Waals surface area contributed by atoms with Gasteiger partial charge in [0.05, 0.1) is 6.10 Å². The molecule has 1 rings (SSSR count). The number of ether oxygens (including phenoxy) is 1. The van der Waals surface area contributed by atoms with Gasteiger partial charge in [0.2, 0.25) is 0 Å². The largest absolute Gasteiger partial charge is 0.491 e. The first-order valence-electron chi connectivity index (χ1n) is 5.43. The van der Waals surface area contributed by atoms with Crippen molar-refractivity contribution in [2.24, 2.45) is 0 Å². The van der Waals surface area contributed by atoms with E-state index in [1.165, 1.54) is 0 Å². The number of halogens is 1. The van der Waals surface area contributed by atoms with Crippen molar-refractivity contribution in [3.63, 3.8) is 0 Å². The second-order valence-electron chi connectivity index (χ2n) is 4.63. The zero-order chi connectivity index (χ0) is 12.0. The summed E-state index contributed by atoms with van der Waals surface area (Å²) in [6.07, 6.45) is 0.131. The van der Waals surface area contributed by atoms with Gasteiger partial charge in [0.25, 0.3) is 0 Å². The van der Waals surface area contributed by atoms with E-state index in [4.69, 9.17) is 9.16 Å². The molecular formula is C12H19BrO2Si. The van der Waals surface area contributed by atoms with E-state index in [0.717, 1.165) is 11.1 Å². The van der Waals surface area contributed by atoms with Gasteiger partial charge in [-0.25, -0.2) is 0 Å². The Morgan fingerprint density at radius 3 is 2.31 bits per heavy atom. The fourth-order valence-corrected chi connectivity index (χ4v) is 3.03. The second kappa shape index (κ2) is 6.42. The molecule has 0 fully saturated rings. The van der Waals surface area contributed by atoms with Crippen molar-refractivity contribution in [1.29, 1.82) is 0 Å². The topological polar surface area (TPSA) is 18.5 Å². The van der Waals surface area contributed by atoms with Gasteiger partial charge in [0.1, 0.15) is 12.4 Å². The molecule has 0 bridgehead atoms. The summed E-state index contributed by atoms with van der Waals surface area (Å²) in [5.41, 5.74) is 0. The number of rotatable bonds is 6. The van der Waals surface area contributed by atoms with Gasteiger partial charge in [0.15, 0.2) is 8.32 Å². The Hall–Kier alpha value is -0.323. The molecule has 1 aromatic carbocycles. The lowest BCUT2D eigenvalue weighted by atomic mass is 10.3. The SMILES string of the molecule is C[Si](C)(C)OC(CBr)COc1ccccc1. The second-order valence-corrected chi connectivity index (χ2v) is 9.74. The minimum absolute atomic E-state index is 0.131. The van der Waals surface area contributed by atoms with E-state index in [9.17, 15) is 0 Å². The standard InChI is InChI=1S/C12H19BrO2Si/c1-16(2,3)15-12(9-13)10-14-11-7-5-4-6-8-11/h4-8,12H,9-10H2,1-3H3. The summed E-state index contributed by atoms with van der Waals surface area (Å²) in [6.45, 7) is 7.15. The number of hydrogen-bond acceptors (Lipinski definition) is 2. The number of benzene rings is 1. The average molecular weight is 303 g/mol. The van der Waals surface area contributed by atoms with E-state index < -0.39 is 8.32 Å². The third-order valence-electron chi connectivity index (χ3n) is 1.87. The fourth-order valence-electron chi connectivity index (χ4n) is 1.32. The van der Waals surface area contributed by atoms with Crippen molar-refractivity contribution < 1.29 is 9.16 Å². The van der Waals surface area contributed by atoms with Crippen LogP contribution in [-0.4, -0.2) is 26.4 Å². The predicted molar refractivity (Wildman–Crippen MR) is 74.0 cm³/mol. The van der Waals surface area contributed by atoms with Crippen molar-refractivity contribution >= 4 is 24.2 Å². The third kappa shape index (κ3) is 5.68. The molecule has 90 valence electrons. The van der Waals surface area contributed by atoms with Crippen LogP contribution in [0.5, 0.6) is 5.75 Å². The zero-order valence-corrected chi connectivity index (χ0v) is 12.7. The van der Waals surface area contributed by atoms with Crippen LogP contribution in [-0.2, 0) is 4.43 Å². The van der Waals surface area contributed by atoms with Crippen LogP contribution in [0.3, 0.4) is 0 Å². The van der Waals surface area contributed by atoms with E-state index in [1.54, 1.807) is 0 Å². The number of alkyl halides is 1. The lowest BCUT2D eigenvalue weighted by molar-refractivity contribution is 0.142. The molecule has 0 saturated carbocycles. The van der Waals surface area contributed by atoms with Gasteiger partial charge in [-0.2, -0.15) is 0 Å². The molecule has 0 aromatic heterocycles. The Kier molecular flexibility index (Phi) is 5.51. The molecule has 1 atom stereocenters. The fraction of sp³-hybridized carbons (Fsp3) is 0.500. The summed E-state index contributed by atoms with van der Waals surface area (Å²) < 4.78 is 11.6. The predicted octanol–water partition coefficient (Wildman–Crippen LogP) is 3.68. The first kappa shape index (κ1) is 13.7. The van der Waals surface area contributed by atoms with Gasteiger partial charge in [-0.05, 0) is 31.8 Å². The number of hydrogen-bond donors (Lipinski definition) is 0. The number of para-hydroxylation sites is 1. The molecule has 0 radical (unpaired) electrons. The Labute approximate surface area is 107 Å². The molecule has 0 amide bonds. The van der Waals surface area contributed by atoms with Crippen molar-refractivity contribution in [2.45, 2.75) is 25.7 Å². The van der Waals surface area contributed by atoms with Gasteiger partial charge < -0.3 is 9.16 Å². The van der Waals surface area contributed by atoms with Gasteiger partial charge in [0, 0.05) is 5.33 Å². The molecule has 0 spiro atoms. The van der Waals surface area contributed by atoms with E-state index >= 15 is 0 Å². The molecule has 0 heterocycles. The smallest absolute Gasteiger partial charge is 0.184 e. The lowest BCUT2D eigenvalue weighted by Gasteiger charge is -2.25. The van der Waals surface area contributed by atoms with Crippen LogP contribution in [0, 0.1) is 0 Å². The third-order valence-corrected chi connectivity index (χ3v) is 3.63. The van der Waals surface area contributed by atoms with Gasteiger partial charge >= 0.3 is 0 Å². The van der Waals surface area contributed by atoms with Crippen molar-refractivity contribution in [3.8, 4) is 5.75 Å². The summed E-state index contributed by atoms with van der Waals surface area (Å²) >= 11 is 3.46. The maximum atomic E-state index is 5.98. The molecular weight excluding hydrogens is 284 g/mol. The molecule has 16 heavy (non-hydrogen) atoms. The first-order chi connectivity index (χ1) is 7.51. The highest BCUT2D eigenvalue weighted by Crippen LogP contribution is 2.13. The van der Waals surface area contributed by atoms with Gasteiger partial charge in [-0.1, -0.05) is 34.1 Å². The van der Waals surface area contributed by atoms with Crippen LogP contribution in [0.2, 0.25) is 19.6 Å². The van der Waals surface area contributed by atoms with Crippen molar-refractivity contribution in [2.75, 3.05) is 11.9 Å². The van der Waals surface area contributed by atoms with Crippen LogP contribution < -0.4 is 4.74 Å². The van der Waals surface area contributed by atoms with E-state index in [1.807, 2.05) is 30.3 Å². The van der Waals surface area contributed by atoms with Crippen molar-refractivity contribution in [1.82, 2.24) is 0 Å². The van der Waals surface area contributed by atoms with E-state index in [-0.39, 0.29) is 6.10 Å². The minimum Gasteiger partial charge on any atom is -0.491 e. The highest BCUT2D eigenvalue weighted by atomic mass is 79.9. The van der Waals surface area contributed by atoms with E-state index in [0.29, 0.717) is 6.61 Å². The highest BCUT2D eigenvalue weighted by molar-refractivity contribution is 9.09. The summed E-state index contributed by atoms with van der Waals surface area (Å²) in [5.74, 6) is 0.896. The average Bonchev–Trinajstić information content (AvgIpc) is 2.24. The zero-order valence-electron chi connectivity index (χ0n) is 10.1. The summed E-state index contributed by atoms with van der Waals surface area (Å²) in [7, 11) is -1.49. The molecule has 0 aliphatic carbocycles. The quantitative estimate of drug-likeness (QED) is 0.589. The molecule has 0 N–H and O–H groups in total. The molecule has 1 unspecified atom stereocenters. The van der Waals surface area contributed by atoms with Gasteiger partial charge in [-0.15, -0.1) is 0 Å². The molecule has 4 heteroatoms. The van der Waals surface area contributed by atoms with Gasteiger partial charge in [-0.3, -0.25) is 0 Å². The van der Waals surface area contributed by atoms with Crippen LogP contribution in [0.4, 0.5) is 0 Å². The summed E-state index contributed by atoms with van der Waals surface area (Å²) in [5, 5.41) is 0.810. The maximum absolute atomic E-state index is 5.98. The lowest BCUT2D eigenvalue weighted by Crippen LogP contribution is -2.36. The van der Waals surface area contributed by atoms with Crippen LogP contribution in [0.15, 0.2) is 30.3 Å². The van der Waals surface area contributed by atoms with E-state index in [2.05, 4.69) is 35.6 Å². The molecule has 0 aliphatic heterocycles. The molecule has 0 saturated heterocycles. The highest BCUT2D eigenvalue weighted by Gasteiger charge is 2.20. The Balaban J connectivity index is 2.40. The molecule has 2 nitrogen and oxygen atoms in total. The molecule has 0 aliphatic rings. The summed E-state index contributed by atoms with van der Waals surface area (Å²) in [4.78, 5) is 0. The Morgan fingerprint density at radius 1 is 1.19 bits per heavy atom. The minimum atomic E-state index is -1.49. The Morgan fingerprint density at radius 2 is 1.81 bits per heavy atom. The Bertz CT molecular complexity index is 298. The summed E-state index contributed by atoms with van der Waals surface area (Å²) in [6, 6.07) is 9.84. The maximum Gasteiger partial charge on any atom is 0.184 e. The van der Waals surface area contributed by atoms with Crippen LogP contribution in [0.25, 0.3) is 0 Å². The molecule has 1 aromatic rings. The normalized spacial score (nSPS) is 13.5. The van der Waals surface area contributed by atoms with Crippen LogP contribution >= 0.6 is 15.9 Å².